The first-order valence-electron chi connectivity index (χ1n) is 7.64. The molecule has 0 aliphatic carbocycles. The Morgan fingerprint density at radius 1 is 1.29 bits per heavy atom. The smallest absolute Gasteiger partial charge is 0.412 e. The Kier molecular flexibility index (Phi) is 5.94. The Morgan fingerprint density at radius 2 is 1.92 bits per heavy atom. The van der Waals surface area contributed by atoms with Gasteiger partial charge in [0.25, 0.3) is 5.69 Å². The van der Waals surface area contributed by atoms with Crippen LogP contribution in [-0.2, 0) is 4.74 Å². The Labute approximate surface area is 138 Å². The van der Waals surface area contributed by atoms with Crippen LogP contribution in [0.4, 0.5) is 15.3 Å². The van der Waals surface area contributed by atoms with Gasteiger partial charge in [-0.3, -0.25) is 10.1 Å². The third-order valence-electron chi connectivity index (χ3n) is 3.60. The monoisotopic (exact) mass is 337 g/mol. The highest BCUT2D eigenvalue weighted by Gasteiger charge is 2.25. The number of rotatable bonds is 4. The number of piperidine rings is 1. The molecule has 0 bridgehead atoms. The molecule has 1 fully saturated rings. The fourth-order valence-electron chi connectivity index (χ4n) is 2.36. The molecule has 0 aromatic heterocycles. The summed E-state index contributed by atoms with van der Waals surface area (Å²) in [5.41, 5.74) is -0.0749. The molecule has 0 radical (unpaired) electrons. The van der Waals surface area contributed by atoms with Crippen molar-refractivity contribution in [2.75, 3.05) is 19.7 Å². The molecule has 24 heavy (non-hydrogen) atoms. The molecule has 1 aliphatic heterocycles. The second kappa shape index (κ2) is 8.14. The number of carbonyl (C=O) groups is 2. The van der Waals surface area contributed by atoms with Gasteiger partial charge in [-0.15, -0.1) is 0 Å². The van der Waals surface area contributed by atoms with E-state index in [1.165, 1.54) is 24.3 Å². The number of nitro groups is 1. The first-order chi connectivity index (χ1) is 11.5. The molecule has 0 unspecified atom stereocenters. The van der Waals surface area contributed by atoms with Crippen LogP contribution in [0.15, 0.2) is 24.3 Å². The van der Waals surface area contributed by atoms with Crippen molar-refractivity contribution in [2.45, 2.75) is 25.8 Å². The van der Waals surface area contributed by atoms with Crippen LogP contribution in [0.3, 0.4) is 0 Å². The van der Waals surface area contributed by atoms with Crippen LogP contribution in [0, 0.1) is 10.1 Å². The van der Waals surface area contributed by atoms with Gasteiger partial charge in [0, 0.05) is 31.3 Å². The van der Waals surface area contributed by atoms with Gasteiger partial charge in [0.2, 0.25) is 0 Å². The molecule has 2 amide bonds. The molecule has 1 heterocycles. The summed E-state index contributed by atoms with van der Waals surface area (Å²) in [5.74, 6) is 0.224. The molecule has 1 aromatic rings. The van der Waals surface area contributed by atoms with Gasteiger partial charge in [-0.05, 0) is 31.9 Å². The van der Waals surface area contributed by atoms with Crippen molar-refractivity contribution in [3.05, 3.63) is 34.4 Å². The van der Waals surface area contributed by atoms with E-state index < -0.39 is 11.0 Å². The Bertz CT molecular complexity index is 596. The fourth-order valence-corrected chi connectivity index (χ4v) is 2.36. The van der Waals surface area contributed by atoms with Crippen LogP contribution < -0.4 is 10.1 Å². The summed E-state index contributed by atoms with van der Waals surface area (Å²) in [4.78, 5) is 35.1. The molecule has 1 saturated heterocycles. The second-order valence-corrected chi connectivity index (χ2v) is 5.25. The minimum Gasteiger partial charge on any atom is -0.450 e. The van der Waals surface area contributed by atoms with E-state index in [4.69, 9.17) is 9.47 Å². The number of amides is 2. The zero-order valence-electron chi connectivity index (χ0n) is 13.3. The quantitative estimate of drug-likeness (QED) is 0.666. The second-order valence-electron chi connectivity index (χ2n) is 5.25. The van der Waals surface area contributed by atoms with E-state index in [2.05, 4.69) is 5.32 Å². The lowest BCUT2D eigenvalue weighted by Gasteiger charge is -2.31. The number of carbonyl (C=O) groups excluding carboxylic acids is 2. The average Bonchev–Trinajstić information content (AvgIpc) is 2.56. The maximum Gasteiger partial charge on any atom is 0.412 e. The van der Waals surface area contributed by atoms with Crippen LogP contribution in [0.2, 0.25) is 0 Å². The Hall–Kier alpha value is -2.84. The zero-order chi connectivity index (χ0) is 17.5. The van der Waals surface area contributed by atoms with Gasteiger partial charge in [0.05, 0.1) is 11.5 Å². The van der Waals surface area contributed by atoms with E-state index in [1.54, 1.807) is 11.8 Å². The van der Waals surface area contributed by atoms with Crippen LogP contribution in [0.5, 0.6) is 5.75 Å². The third kappa shape index (κ3) is 4.83. The highest BCUT2D eigenvalue weighted by atomic mass is 16.6. The minimum atomic E-state index is -0.626. The number of nitro benzene ring substituents is 1. The van der Waals surface area contributed by atoms with Crippen molar-refractivity contribution in [1.29, 1.82) is 0 Å². The molecule has 9 heteroatoms. The summed E-state index contributed by atoms with van der Waals surface area (Å²) in [5, 5.41) is 13.3. The fraction of sp³-hybridized carbons (Fsp3) is 0.467. The van der Waals surface area contributed by atoms with Gasteiger partial charge in [-0.2, -0.15) is 0 Å². The maximum atomic E-state index is 11.8. The van der Waals surface area contributed by atoms with Crippen LogP contribution >= 0.6 is 0 Å². The lowest BCUT2D eigenvalue weighted by Crippen LogP contribution is -2.47. The van der Waals surface area contributed by atoms with Gasteiger partial charge in [0.15, 0.2) is 0 Å². The van der Waals surface area contributed by atoms with E-state index in [0.717, 1.165) is 0 Å². The maximum absolute atomic E-state index is 11.8. The van der Waals surface area contributed by atoms with E-state index in [1.807, 2.05) is 0 Å². The largest absolute Gasteiger partial charge is 0.450 e. The normalized spacial score (nSPS) is 14.8. The number of benzene rings is 1. The molecule has 1 N–H and O–H groups in total. The van der Waals surface area contributed by atoms with Crippen LogP contribution in [-0.4, -0.2) is 47.7 Å². The summed E-state index contributed by atoms with van der Waals surface area (Å²) in [7, 11) is 0. The first-order valence-corrected chi connectivity index (χ1v) is 7.64. The number of ether oxygens (including phenoxy) is 2. The molecule has 0 saturated carbocycles. The Balaban J connectivity index is 1.77. The lowest BCUT2D eigenvalue weighted by molar-refractivity contribution is -0.384. The Morgan fingerprint density at radius 3 is 2.46 bits per heavy atom. The van der Waals surface area contributed by atoms with Gasteiger partial charge in [-0.1, -0.05) is 0 Å². The van der Waals surface area contributed by atoms with Gasteiger partial charge in [0.1, 0.15) is 5.75 Å². The number of nitrogens with one attached hydrogen (secondary N) is 1. The van der Waals surface area contributed by atoms with Crippen molar-refractivity contribution in [3.63, 3.8) is 0 Å². The average molecular weight is 337 g/mol. The number of non-ortho nitro benzene ring substituents is 1. The SMILES string of the molecule is CCOC(=O)N1CCC(NC(=O)Oc2ccc([N+](=O)[O-])cc2)CC1. The molecule has 1 aliphatic rings. The topological polar surface area (TPSA) is 111 Å². The third-order valence-corrected chi connectivity index (χ3v) is 3.60. The standard InChI is InChI=1S/C15H19N3O6/c1-2-23-15(20)17-9-7-11(8-10-17)16-14(19)24-13-5-3-12(4-6-13)18(21)22/h3-6,11H,2,7-10H2,1H3,(H,16,19). The summed E-state index contributed by atoms with van der Waals surface area (Å²) in [6.45, 7) is 3.08. The van der Waals surface area contributed by atoms with E-state index in [0.29, 0.717) is 32.5 Å². The van der Waals surface area contributed by atoms with Gasteiger partial charge in [-0.25, -0.2) is 9.59 Å². The van der Waals surface area contributed by atoms with Crippen molar-refractivity contribution in [2.24, 2.45) is 0 Å². The highest BCUT2D eigenvalue weighted by Crippen LogP contribution is 2.18. The number of nitrogens with zero attached hydrogens (tertiary/aromatic N) is 2. The minimum absolute atomic E-state index is 0.0749. The lowest BCUT2D eigenvalue weighted by atomic mass is 10.1. The number of hydrogen-bond acceptors (Lipinski definition) is 6. The van der Waals surface area contributed by atoms with Crippen LogP contribution in [0.1, 0.15) is 19.8 Å². The van der Waals surface area contributed by atoms with E-state index >= 15 is 0 Å². The predicted molar refractivity (Wildman–Crippen MR) is 83.9 cm³/mol. The summed E-state index contributed by atoms with van der Waals surface area (Å²) in [6.07, 6.45) is 0.241. The van der Waals surface area contributed by atoms with Crippen LogP contribution in [0.25, 0.3) is 0 Å². The highest BCUT2D eigenvalue weighted by molar-refractivity contribution is 5.71. The van der Waals surface area contributed by atoms with E-state index in [-0.39, 0.29) is 23.6 Å². The molecular weight excluding hydrogens is 318 g/mol. The summed E-state index contributed by atoms with van der Waals surface area (Å²) in [6, 6.07) is 5.16. The van der Waals surface area contributed by atoms with Crippen molar-refractivity contribution < 1.29 is 24.0 Å². The van der Waals surface area contributed by atoms with Gasteiger partial charge >= 0.3 is 12.2 Å². The first kappa shape index (κ1) is 17.5. The number of hydrogen-bond donors (Lipinski definition) is 1. The molecule has 0 atom stereocenters. The van der Waals surface area contributed by atoms with Crippen molar-refractivity contribution in [3.8, 4) is 5.75 Å². The predicted octanol–water partition coefficient (Wildman–Crippen LogP) is 2.30. The molecule has 9 nitrogen and oxygen atoms in total. The van der Waals surface area contributed by atoms with E-state index in [9.17, 15) is 19.7 Å². The van der Waals surface area contributed by atoms with Crippen molar-refractivity contribution in [1.82, 2.24) is 10.2 Å². The molecule has 130 valence electrons. The van der Waals surface area contributed by atoms with Gasteiger partial charge < -0.3 is 19.7 Å². The molecule has 1 aromatic carbocycles. The number of likely N-dealkylation sites (tertiary alicyclic amines) is 1. The molecule has 0 spiro atoms. The summed E-state index contributed by atoms with van der Waals surface area (Å²) >= 11 is 0. The van der Waals surface area contributed by atoms with Crippen molar-refractivity contribution >= 4 is 17.9 Å². The molecule has 2 rings (SSSR count). The molecular formula is C15H19N3O6. The zero-order valence-corrected chi connectivity index (χ0v) is 13.3. The summed E-state index contributed by atoms with van der Waals surface area (Å²) < 4.78 is 10.0.